The van der Waals surface area contributed by atoms with Gasteiger partial charge in [0.15, 0.2) is 17.1 Å². The topological polar surface area (TPSA) is 73.2 Å². The molecule has 0 fully saturated rings. The molecule has 2 aromatic carbocycles. The molecule has 176 valence electrons. The van der Waals surface area contributed by atoms with Crippen molar-refractivity contribution < 1.29 is 14.2 Å². The van der Waals surface area contributed by atoms with Crippen molar-refractivity contribution in [2.45, 2.75) is 13.8 Å². The van der Waals surface area contributed by atoms with Gasteiger partial charge < -0.3 is 24.4 Å². The van der Waals surface area contributed by atoms with Gasteiger partial charge in [-0.15, -0.1) is 5.10 Å². The van der Waals surface area contributed by atoms with E-state index in [0.29, 0.717) is 25.8 Å². The predicted molar refractivity (Wildman–Crippen MR) is 132 cm³/mol. The van der Waals surface area contributed by atoms with E-state index in [1.54, 1.807) is 0 Å². The van der Waals surface area contributed by atoms with Crippen molar-refractivity contribution in [3.05, 3.63) is 60.7 Å². The first-order valence-corrected chi connectivity index (χ1v) is 11.7. The highest BCUT2D eigenvalue weighted by Gasteiger charge is 2.15. The Balaban J connectivity index is 1.30. The normalized spacial score (nSPS) is 12.8. The van der Waals surface area contributed by atoms with E-state index < -0.39 is 0 Å². The Labute approximate surface area is 199 Å². The second kappa shape index (κ2) is 10.0. The van der Waals surface area contributed by atoms with Gasteiger partial charge in [-0.05, 0) is 67.7 Å². The Morgan fingerprint density at radius 2 is 1.76 bits per heavy atom. The SMILES string of the molecule is CCN(CC)CCOc1ccc(Nc2nc3cccc(-c4ccc5c(c4)OCCO5)n3n2)cc1. The first-order chi connectivity index (χ1) is 16.7. The van der Waals surface area contributed by atoms with E-state index >= 15 is 0 Å². The molecule has 3 heterocycles. The average Bonchev–Trinajstić information content (AvgIpc) is 3.30. The molecule has 34 heavy (non-hydrogen) atoms. The summed E-state index contributed by atoms with van der Waals surface area (Å²) in [5.41, 5.74) is 3.56. The van der Waals surface area contributed by atoms with Gasteiger partial charge in [-0.2, -0.15) is 4.98 Å². The molecular weight excluding hydrogens is 430 g/mol. The second-order valence-corrected chi connectivity index (χ2v) is 8.00. The number of rotatable bonds is 9. The van der Waals surface area contributed by atoms with Gasteiger partial charge in [0.1, 0.15) is 25.6 Å². The molecule has 2 aromatic heterocycles. The molecule has 1 aliphatic heterocycles. The van der Waals surface area contributed by atoms with Gasteiger partial charge in [-0.3, -0.25) is 0 Å². The van der Waals surface area contributed by atoms with E-state index in [1.165, 1.54) is 0 Å². The maximum Gasteiger partial charge on any atom is 0.247 e. The van der Waals surface area contributed by atoms with Gasteiger partial charge in [0.25, 0.3) is 0 Å². The summed E-state index contributed by atoms with van der Waals surface area (Å²) in [6.07, 6.45) is 0. The van der Waals surface area contributed by atoms with Gasteiger partial charge in [0.2, 0.25) is 5.95 Å². The first-order valence-electron chi connectivity index (χ1n) is 11.7. The Bertz CT molecular complexity index is 1250. The van der Waals surface area contributed by atoms with Crippen LogP contribution < -0.4 is 19.5 Å². The molecule has 0 unspecified atom stereocenters. The molecule has 8 nitrogen and oxygen atoms in total. The molecule has 0 atom stereocenters. The minimum absolute atomic E-state index is 0.528. The lowest BCUT2D eigenvalue weighted by atomic mass is 10.1. The largest absolute Gasteiger partial charge is 0.492 e. The molecule has 0 saturated carbocycles. The number of anilines is 2. The fraction of sp³-hybridized carbons (Fsp3) is 0.308. The van der Waals surface area contributed by atoms with Crippen LogP contribution in [0.3, 0.4) is 0 Å². The van der Waals surface area contributed by atoms with Crippen molar-refractivity contribution in [3.63, 3.8) is 0 Å². The molecule has 0 bridgehead atoms. The van der Waals surface area contributed by atoms with Crippen molar-refractivity contribution in [1.29, 1.82) is 0 Å². The van der Waals surface area contributed by atoms with Gasteiger partial charge in [0.05, 0.1) is 5.69 Å². The summed E-state index contributed by atoms with van der Waals surface area (Å²) in [4.78, 5) is 6.98. The summed E-state index contributed by atoms with van der Waals surface area (Å²) in [7, 11) is 0. The Morgan fingerprint density at radius 1 is 0.971 bits per heavy atom. The van der Waals surface area contributed by atoms with Gasteiger partial charge >= 0.3 is 0 Å². The molecule has 0 amide bonds. The van der Waals surface area contributed by atoms with E-state index in [2.05, 4.69) is 29.0 Å². The van der Waals surface area contributed by atoms with Crippen LogP contribution >= 0.6 is 0 Å². The second-order valence-electron chi connectivity index (χ2n) is 8.00. The predicted octanol–water partition coefficient (Wildman–Crippen LogP) is 4.63. The monoisotopic (exact) mass is 459 g/mol. The van der Waals surface area contributed by atoms with Crippen molar-refractivity contribution in [3.8, 4) is 28.5 Å². The highest BCUT2D eigenvalue weighted by atomic mass is 16.6. The van der Waals surface area contributed by atoms with Crippen LogP contribution in [0.4, 0.5) is 11.6 Å². The van der Waals surface area contributed by atoms with E-state index in [4.69, 9.17) is 19.3 Å². The number of fused-ring (bicyclic) bond motifs is 2. The molecule has 8 heteroatoms. The van der Waals surface area contributed by atoms with Crippen molar-refractivity contribution in [2.24, 2.45) is 0 Å². The highest BCUT2D eigenvalue weighted by Crippen LogP contribution is 2.34. The van der Waals surface area contributed by atoms with Crippen LogP contribution in [0, 0.1) is 0 Å². The third kappa shape index (κ3) is 4.77. The summed E-state index contributed by atoms with van der Waals surface area (Å²) in [5.74, 6) is 2.89. The van der Waals surface area contributed by atoms with Crippen LogP contribution in [0.15, 0.2) is 60.7 Å². The zero-order chi connectivity index (χ0) is 23.3. The van der Waals surface area contributed by atoms with Crippen LogP contribution in [0.1, 0.15) is 13.8 Å². The summed E-state index contributed by atoms with van der Waals surface area (Å²) in [6, 6.07) is 19.7. The van der Waals surface area contributed by atoms with E-state index in [9.17, 15) is 0 Å². The van der Waals surface area contributed by atoms with Crippen molar-refractivity contribution in [2.75, 3.05) is 44.8 Å². The number of likely N-dealkylation sites (N-methyl/N-ethyl adjacent to an activating group) is 1. The van der Waals surface area contributed by atoms with Crippen LogP contribution in [-0.4, -0.2) is 59.0 Å². The lowest BCUT2D eigenvalue weighted by Crippen LogP contribution is -2.27. The average molecular weight is 460 g/mol. The standard InChI is InChI=1S/C26H29N5O3/c1-3-30(4-2)14-15-32-21-11-9-20(10-12-21)27-26-28-25-7-5-6-22(31(25)29-26)19-8-13-23-24(18-19)34-17-16-33-23/h5-13,18H,3-4,14-17H2,1-2H3,(H,27,29). The number of pyridine rings is 1. The molecule has 0 aliphatic carbocycles. The van der Waals surface area contributed by atoms with E-state index in [-0.39, 0.29) is 0 Å². The zero-order valence-corrected chi connectivity index (χ0v) is 19.5. The number of hydrogen-bond donors (Lipinski definition) is 1. The molecule has 5 rings (SSSR count). The maximum absolute atomic E-state index is 5.87. The lowest BCUT2D eigenvalue weighted by molar-refractivity contribution is 0.171. The summed E-state index contributed by atoms with van der Waals surface area (Å²) in [6.45, 7) is 9.11. The molecule has 4 aromatic rings. The molecule has 1 aliphatic rings. The van der Waals surface area contributed by atoms with Gasteiger partial charge in [-0.25, -0.2) is 4.52 Å². The summed E-state index contributed by atoms with van der Waals surface area (Å²) in [5, 5.41) is 7.98. The number of aromatic nitrogens is 3. The third-order valence-corrected chi connectivity index (χ3v) is 5.88. The van der Waals surface area contributed by atoms with E-state index in [0.717, 1.165) is 59.5 Å². The van der Waals surface area contributed by atoms with Crippen molar-refractivity contribution >= 4 is 17.3 Å². The van der Waals surface area contributed by atoms with Crippen LogP contribution in [0.25, 0.3) is 16.9 Å². The Morgan fingerprint density at radius 3 is 2.56 bits per heavy atom. The smallest absolute Gasteiger partial charge is 0.247 e. The lowest BCUT2D eigenvalue weighted by Gasteiger charge is -2.19. The Hall–Kier alpha value is -3.78. The van der Waals surface area contributed by atoms with Gasteiger partial charge in [0, 0.05) is 17.8 Å². The van der Waals surface area contributed by atoms with E-state index in [1.807, 2.05) is 65.2 Å². The minimum Gasteiger partial charge on any atom is -0.492 e. The number of ether oxygens (including phenoxy) is 3. The first kappa shape index (κ1) is 22.0. The molecular formula is C26H29N5O3. The molecule has 0 spiro atoms. The number of nitrogens with zero attached hydrogens (tertiary/aromatic N) is 4. The quantitative estimate of drug-likeness (QED) is 0.391. The molecule has 0 saturated heterocycles. The number of hydrogen-bond acceptors (Lipinski definition) is 7. The van der Waals surface area contributed by atoms with Crippen LogP contribution in [0.2, 0.25) is 0 Å². The van der Waals surface area contributed by atoms with Gasteiger partial charge in [-0.1, -0.05) is 19.9 Å². The fourth-order valence-electron chi connectivity index (χ4n) is 3.98. The Kier molecular flexibility index (Phi) is 6.49. The fourth-order valence-corrected chi connectivity index (χ4v) is 3.98. The third-order valence-electron chi connectivity index (χ3n) is 5.88. The maximum atomic E-state index is 5.87. The zero-order valence-electron chi connectivity index (χ0n) is 19.5. The minimum atomic E-state index is 0.528. The molecule has 1 N–H and O–H groups in total. The van der Waals surface area contributed by atoms with Crippen LogP contribution in [-0.2, 0) is 0 Å². The number of nitrogens with one attached hydrogen (secondary N) is 1. The number of benzene rings is 2. The van der Waals surface area contributed by atoms with Crippen LogP contribution in [0.5, 0.6) is 17.2 Å². The summed E-state index contributed by atoms with van der Waals surface area (Å²) < 4.78 is 19.1. The summed E-state index contributed by atoms with van der Waals surface area (Å²) >= 11 is 0. The van der Waals surface area contributed by atoms with Crippen molar-refractivity contribution in [1.82, 2.24) is 19.5 Å². The highest BCUT2D eigenvalue weighted by molar-refractivity contribution is 5.68. The molecule has 0 radical (unpaired) electrons.